The molecule has 0 aliphatic heterocycles. The lowest BCUT2D eigenvalue weighted by Gasteiger charge is -2.22. The van der Waals surface area contributed by atoms with Gasteiger partial charge in [0.1, 0.15) is 5.76 Å². The molecule has 0 aliphatic carbocycles. The van der Waals surface area contributed by atoms with Crippen molar-refractivity contribution in [2.24, 2.45) is 0 Å². The summed E-state index contributed by atoms with van der Waals surface area (Å²) >= 11 is 0. The average Bonchev–Trinajstić information content (AvgIpc) is 2.66. The molecule has 5 heteroatoms. The fourth-order valence-electron chi connectivity index (χ4n) is 1.35. The number of carbonyl (C=O) groups is 1. The average molecular weight is 227 g/mol. The van der Waals surface area contributed by atoms with E-state index in [-0.39, 0.29) is 11.8 Å². The Bertz CT molecular complexity index is 348. The molecular formula is C11H17NO4. The van der Waals surface area contributed by atoms with Crippen LogP contribution in [0.1, 0.15) is 23.2 Å². The molecule has 0 aromatic carbocycles. The fourth-order valence-corrected chi connectivity index (χ4v) is 1.35. The van der Waals surface area contributed by atoms with Crippen LogP contribution in [0.25, 0.3) is 0 Å². The second kappa shape index (κ2) is 5.67. The number of rotatable bonds is 6. The molecular weight excluding hydrogens is 210 g/mol. The molecule has 0 saturated carbocycles. The van der Waals surface area contributed by atoms with Crippen LogP contribution >= 0.6 is 0 Å². The Morgan fingerprint density at radius 1 is 1.62 bits per heavy atom. The number of nitrogens with zero attached hydrogens (tertiary/aromatic N) is 1. The van der Waals surface area contributed by atoms with Gasteiger partial charge in [-0.25, -0.2) is 4.79 Å². The van der Waals surface area contributed by atoms with Gasteiger partial charge in [0.15, 0.2) is 0 Å². The molecule has 1 atom stereocenters. The predicted octanol–water partition coefficient (Wildman–Crippen LogP) is 1.44. The number of hydrogen-bond acceptors (Lipinski definition) is 4. The van der Waals surface area contributed by atoms with Gasteiger partial charge in [0.25, 0.3) is 0 Å². The van der Waals surface area contributed by atoms with E-state index in [9.17, 15) is 4.79 Å². The van der Waals surface area contributed by atoms with Gasteiger partial charge in [0.05, 0.1) is 13.2 Å². The number of hydrogen-bond donors (Lipinski definition) is 1. The third-order valence-corrected chi connectivity index (χ3v) is 2.44. The Morgan fingerprint density at radius 3 is 2.81 bits per heavy atom. The summed E-state index contributed by atoms with van der Waals surface area (Å²) in [5.41, 5.74) is 0. The zero-order valence-corrected chi connectivity index (χ0v) is 9.77. The highest BCUT2D eigenvalue weighted by Gasteiger charge is 2.13. The van der Waals surface area contributed by atoms with Crippen LogP contribution in [0.5, 0.6) is 0 Å². The van der Waals surface area contributed by atoms with E-state index < -0.39 is 5.97 Å². The smallest absolute Gasteiger partial charge is 0.371 e. The first kappa shape index (κ1) is 12.7. The summed E-state index contributed by atoms with van der Waals surface area (Å²) < 4.78 is 10.2. The number of carboxylic acid groups (broad SMARTS) is 1. The second-order valence-electron chi connectivity index (χ2n) is 3.79. The van der Waals surface area contributed by atoms with Gasteiger partial charge in [-0.15, -0.1) is 0 Å². The molecule has 5 nitrogen and oxygen atoms in total. The number of methoxy groups -OCH3 is 1. The number of aromatic carboxylic acids is 1. The lowest BCUT2D eigenvalue weighted by molar-refractivity contribution is 0.0655. The maximum absolute atomic E-state index is 10.6. The molecule has 1 N–H and O–H groups in total. The third kappa shape index (κ3) is 3.36. The molecule has 0 spiro atoms. The zero-order valence-electron chi connectivity index (χ0n) is 9.77. The fraction of sp³-hybridized carbons (Fsp3) is 0.545. The second-order valence-corrected chi connectivity index (χ2v) is 3.79. The van der Waals surface area contributed by atoms with Crippen molar-refractivity contribution in [1.29, 1.82) is 0 Å². The minimum Gasteiger partial charge on any atom is -0.475 e. The van der Waals surface area contributed by atoms with Crippen LogP contribution in [-0.4, -0.2) is 42.8 Å². The Balaban J connectivity index is 2.55. The normalized spacial score (nSPS) is 13.0. The molecule has 1 rings (SSSR count). The van der Waals surface area contributed by atoms with Gasteiger partial charge in [0.2, 0.25) is 5.76 Å². The Labute approximate surface area is 94.6 Å². The number of furan rings is 1. The van der Waals surface area contributed by atoms with Crippen molar-refractivity contribution in [3.05, 3.63) is 23.7 Å². The largest absolute Gasteiger partial charge is 0.475 e. The number of carboxylic acids is 1. The van der Waals surface area contributed by atoms with Gasteiger partial charge in [-0.3, -0.25) is 4.90 Å². The molecule has 0 radical (unpaired) electrons. The molecule has 0 bridgehead atoms. The van der Waals surface area contributed by atoms with Crippen LogP contribution in [-0.2, 0) is 11.3 Å². The van der Waals surface area contributed by atoms with Gasteiger partial charge in [-0.2, -0.15) is 0 Å². The Morgan fingerprint density at radius 2 is 2.31 bits per heavy atom. The summed E-state index contributed by atoms with van der Waals surface area (Å²) in [7, 11) is 3.59. The molecule has 0 aliphatic rings. The summed E-state index contributed by atoms with van der Waals surface area (Å²) in [6.45, 7) is 3.23. The molecule has 0 fully saturated rings. The highest BCUT2D eigenvalue weighted by molar-refractivity contribution is 5.84. The van der Waals surface area contributed by atoms with Crippen molar-refractivity contribution >= 4 is 5.97 Å². The summed E-state index contributed by atoms with van der Waals surface area (Å²) in [4.78, 5) is 12.6. The van der Waals surface area contributed by atoms with Crippen molar-refractivity contribution in [1.82, 2.24) is 4.90 Å². The molecule has 1 unspecified atom stereocenters. The van der Waals surface area contributed by atoms with Crippen LogP contribution in [0.4, 0.5) is 0 Å². The van der Waals surface area contributed by atoms with Gasteiger partial charge in [-0.05, 0) is 26.1 Å². The number of likely N-dealkylation sites (N-methyl/N-ethyl adjacent to an activating group) is 1. The van der Waals surface area contributed by atoms with Crippen molar-refractivity contribution in [3.63, 3.8) is 0 Å². The summed E-state index contributed by atoms with van der Waals surface area (Å²) in [6.07, 6.45) is 0. The summed E-state index contributed by atoms with van der Waals surface area (Å²) in [6, 6.07) is 3.40. The molecule has 90 valence electrons. The van der Waals surface area contributed by atoms with Gasteiger partial charge in [0, 0.05) is 13.2 Å². The van der Waals surface area contributed by atoms with Gasteiger partial charge < -0.3 is 14.3 Å². The lowest BCUT2D eigenvalue weighted by Crippen LogP contribution is -2.31. The zero-order chi connectivity index (χ0) is 12.1. The van der Waals surface area contributed by atoms with E-state index >= 15 is 0 Å². The van der Waals surface area contributed by atoms with Crippen molar-refractivity contribution in [2.45, 2.75) is 19.5 Å². The predicted molar refractivity (Wildman–Crippen MR) is 58.5 cm³/mol. The van der Waals surface area contributed by atoms with E-state index in [1.165, 1.54) is 6.07 Å². The molecule has 0 amide bonds. The number of ether oxygens (including phenoxy) is 1. The lowest BCUT2D eigenvalue weighted by atomic mass is 10.3. The van der Waals surface area contributed by atoms with Crippen LogP contribution in [0, 0.1) is 0 Å². The van der Waals surface area contributed by atoms with Crippen molar-refractivity contribution < 1.29 is 19.1 Å². The van der Waals surface area contributed by atoms with E-state index in [0.717, 1.165) is 0 Å². The van der Waals surface area contributed by atoms with E-state index in [0.29, 0.717) is 18.9 Å². The maximum atomic E-state index is 10.6. The molecule has 1 aromatic rings. The quantitative estimate of drug-likeness (QED) is 0.796. The van der Waals surface area contributed by atoms with E-state index in [1.54, 1.807) is 13.2 Å². The summed E-state index contributed by atoms with van der Waals surface area (Å²) in [5, 5.41) is 8.70. The van der Waals surface area contributed by atoms with Crippen LogP contribution in [0.15, 0.2) is 16.5 Å². The van der Waals surface area contributed by atoms with Crippen molar-refractivity contribution in [2.75, 3.05) is 20.8 Å². The molecule has 1 aromatic heterocycles. The molecule has 0 saturated heterocycles. The van der Waals surface area contributed by atoms with E-state index in [1.807, 2.05) is 18.9 Å². The van der Waals surface area contributed by atoms with Gasteiger partial charge >= 0.3 is 5.97 Å². The minimum atomic E-state index is -1.04. The minimum absolute atomic E-state index is 0.0252. The first-order valence-electron chi connectivity index (χ1n) is 5.05. The maximum Gasteiger partial charge on any atom is 0.371 e. The third-order valence-electron chi connectivity index (χ3n) is 2.44. The van der Waals surface area contributed by atoms with Crippen molar-refractivity contribution in [3.8, 4) is 0 Å². The standard InChI is InChI=1S/C11H17NO4/c1-8(7-15-3)12(2)6-9-4-5-10(16-9)11(13)14/h4-5,8H,6-7H2,1-3H3,(H,13,14). The SMILES string of the molecule is COCC(C)N(C)Cc1ccc(C(=O)O)o1. The first-order chi connectivity index (χ1) is 7.54. The highest BCUT2D eigenvalue weighted by Crippen LogP contribution is 2.11. The topological polar surface area (TPSA) is 62.9 Å². The molecule has 16 heavy (non-hydrogen) atoms. The Hall–Kier alpha value is -1.33. The highest BCUT2D eigenvalue weighted by atomic mass is 16.5. The van der Waals surface area contributed by atoms with Crippen LogP contribution in [0.2, 0.25) is 0 Å². The first-order valence-corrected chi connectivity index (χ1v) is 5.05. The monoisotopic (exact) mass is 227 g/mol. The molecule has 1 heterocycles. The van der Waals surface area contributed by atoms with Crippen LogP contribution < -0.4 is 0 Å². The van der Waals surface area contributed by atoms with Gasteiger partial charge in [-0.1, -0.05) is 0 Å². The van der Waals surface area contributed by atoms with E-state index in [2.05, 4.69) is 0 Å². The van der Waals surface area contributed by atoms with E-state index in [4.69, 9.17) is 14.3 Å². The Kier molecular flexibility index (Phi) is 4.52. The van der Waals surface area contributed by atoms with Crippen LogP contribution in [0.3, 0.4) is 0 Å². The summed E-state index contributed by atoms with van der Waals surface area (Å²) in [5.74, 6) is -0.426.